The van der Waals surface area contributed by atoms with Crippen molar-refractivity contribution in [3.8, 4) is 5.75 Å². The first-order valence-electron chi connectivity index (χ1n) is 10.9. The molecule has 5 nitrogen and oxygen atoms in total. The lowest BCUT2D eigenvalue weighted by Crippen LogP contribution is -2.09. The molecule has 1 aromatic heterocycles. The average molecular weight is 483 g/mol. The average Bonchev–Trinajstić information content (AvgIpc) is 2.81. The highest BCUT2D eigenvalue weighted by molar-refractivity contribution is 5.90. The van der Waals surface area contributed by atoms with E-state index in [1.807, 2.05) is 43.3 Å². The van der Waals surface area contributed by atoms with Gasteiger partial charge in [-0.3, -0.25) is 9.59 Å². The van der Waals surface area contributed by atoms with Gasteiger partial charge in [0, 0.05) is 36.5 Å². The standard InChI is InChI=1S/C17H19NO2.C10H6F3NO/c1-13-8-9-17(16(12-13)18-14(2)19)20-11-10-15-6-4-3-5-7-15;11-10(12,13)6-1-2-7-8(5-6)14-4-3-9(7)15/h3-9,12H,10-11H2,1-2H3,(H,18,19);1-5H,(H,14,15). The summed E-state index contributed by atoms with van der Waals surface area (Å²) in [5.74, 6) is 0.616. The smallest absolute Gasteiger partial charge is 0.416 e. The second kappa shape index (κ2) is 11.4. The van der Waals surface area contributed by atoms with E-state index in [2.05, 4.69) is 22.4 Å². The first-order chi connectivity index (χ1) is 16.6. The molecule has 0 aliphatic rings. The number of rotatable bonds is 5. The van der Waals surface area contributed by atoms with Crippen LogP contribution in [0.15, 0.2) is 83.8 Å². The molecule has 0 aliphatic carbocycles. The summed E-state index contributed by atoms with van der Waals surface area (Å²) in [5.41, 5.74) is 2.18. The Labute approximate surface area is 200 Å². The number of benzene rings is 3. The molecule has 0 atom stereocenters. The molecule has 1 heterocycles. The highest BCUT2D eigenvalue weighted by atomic mass is 19.4. The van der Waals surface area contributed by atoms with E-state index in [1.165, 1.54) is 30.8 Å². The Bertz CT molecular complexity index is 1350. The fourth-order valence-electron chi connectivity index (χ4n) is 3.33. The molecule has 4 aromatic rings. The largest absolute Gasteiger partial charge is 0.491 e. The highest BCUT2D eigenvalue weighted by Crippen LogP contribution is 2.30. The molecule has 0 radical (unpaired) electrons. The number of aromatic nitrogens is 1. The Morgan fingerprint density at radius 1 is 1.00 bits per heavy atom. The molecule has 0 fully saturated rings. The summed E-state index contributed by atoms with van der Waals surface area (Å²) in [5, 5.41) is 3.05. The number of nitrogens with one attached hydrogen (secondary N) is 2. The number of pyridine rings is 1. The third kappa shape index (κ3) is 7.46. The molecule has 0 unspecified atom stereocenters. The highest BCUT2D eigenvalue weighted by Gasteiger charge is 2.30. The molecule has 182 valence electrons. The van der Waals surface area contributed by atoms with Crippen molar-refractivity contribution < 1.29 is 22.7 Å². The van der Waals surface area contributed by atoms with Crippen LogP contribution in [0.2, 0.25) is 0 Å². The van der Waals surface area contributed by atoms with Crippen molar-refractivity contribution in [2.75, 3.05) is 11.9 Å². The maximum Gasteiger partial charge on any atom is 0.416 e. The van der Waals surface area contributed by atoms with Crippen LogP contribution in [0.25, 0.3) is 10.9 Å². The van der Waals surface area contributed by atoms with Crippen LogP contribution in [-0.2, 0) is 17.4 Å². The lowest BCUT2D eigenvalue weighted by molar-refractivity contribution is -0.137. The molecule has 1 amide bonds. The van der Waals surface area contributed by atoms with E-state index in [-0.39, 0.29) is 22.2 Å². The van der Waals surface area contributed by atoms with Crippen molar-refractivity contribution >= 4 is 22.5 Å². The first kappa shape index (κ1) is 25.6. The maximum atomic E-state index is 12.3. The Kier molecular flexibility index (Phi) is 8.30. The minimum absolute atomic E-state index is 0.0940. The van der Waals surface area contributed by atoms with Crippen molar-refractivity contribution in [2.24, 2.45) is 0 Å². The van der Waals surface area contributed by atoms with Gasteiger partial charge in [0.05, 0.1) is 17.9 Å². The summed E-state index contributed by atoms with van der Waals surface area (Å²) in [4.78, 5) is 25.0. The second-order valence-electron chi connectivity index (χ2n) is 7.86. The van der Waals surface area contributed by atoms with E-state index in [9.17, 15) is 22.8 Å². The quantitative estimate of drug-likeness (QED) is 0.360. The number of hydrogen-bond donors (Lipinski definition) is 2. The number of anilines is 1. The number of aryl methyl sites for hydroxylation is 1. The number of aromatic amines is 1. The molecule has 2 N–H and O–H groups in total. The molecule has 0 aliphatic heterocycles. The summed E-state index contributed by atoms with van der Waals surface area (Å²) in [7, 11) is 0. The van der Waals surface area contributed by atoms with Gasteiger partial charge in [0.15, 0.2) is 5.43 Å². The summed E-state index contributed by atoms with van der Waals surface area (Å²) in [6.07, 6.45) is -2.22. The molecule has 0 bridgehead atoms. The number of fused-ring (bicyclic) bond motifs is 1. The van der Waals surface area contributed by atoms with Crippen LogP contribution in [0, 0.1) is 6.92 Å². The van der Waals surface area contributed by atoms with E-state index in [0.717, 1.165) is 29.8 Å². The Hall–Kier alpha value is -4.07. The predicted octanol–water partition coefficient (Wildman–Crippen LogP) is 6.12. The number of ether oxygens (including phenoxy) is 1. The number of carbonyl (C=O) groups excluding carboxylic acids is 1. The van der Waals surface area contributed by atoms with Gasteiger partial charge in [0.25, 0.3) is 0 Å². The fourth-order valence-corrected chi connectivity index (χ4v) is 3.33. The number of H-pyrrole nitrogens is 1. The van der Waals surface area contributed by atoms with Crippen molar-refractivity contribution in [2.45, 2.75) is 26.4 Å². The topological polar surface area (TPSA) is 71.2 Å². The third-order valence-corrected chi connectivity index (χ3v) is 5.02. The number of halogens is 3. The SMILES string of the molecule is CC(=O)Nc1cc(C)ccc1OCCc1ccccc1.O=c1cc[nH]c2cc(C(F)(F)F)ccc12. The van der Waals surface area contributed by atoms with Gasteiger partial charge in [0.2, 0.25) is 5.91 Å². The van der Waals surface area contributed by atoms with Crippen molar-refractivity contribution in [3.63, 3.8) is 0 Å². The Balaban J connectivity index is 0.000000203. The Morgan fingerprint density at radius 2 is 1.74 bits per heavy atom. The van der Waals surface area contributed by atoms with Crippen molar-refractivity contribution in [3.05, 3.63) is 106 Å². The van der Waals surface area contributed by atoms with Gasteiger partial charge in [0.1, 0.15) is 5.75 Å². The van der Waals surface area contributed by atoms with Gasteiger partial charge in [-0.15, -0.1) is 0 Å². The molecule has 0 spiro atoms. The van der Waals surface area contributed by atoms with Crippen LogP contribution in [-0.4, -0.2) is 17.5 Å². The Morgan fingerprint density at radius 3 is 2.43 bits per heavy atom. The fraction of sp³-hybridized carbons (Fsp3) is 0.185. The zero-order valence-electron chi connectivity index (χ0n) is 19.3. The summed E-state index contributed by atoms with van der Waals surface area (Å²) >= 11 is 0. The van der Waals surface area contributed by atoms with Gasteiger partial charge in [-0.2, -0.15) is 13.2 Å². The predicted molar refractivity (Wildman–Crippen MR) is 131 cm³/mol. The molecular weight excluding hydrogens is 457 g/mol. The first-order valence-corrected chi connectivity index (χ1v) is 10.9. The number of hydrogen-bond acceptors (Lipinski definition) is 3. The van der Waals surface area contributed by atoms with Crippen LogP contribution >= 0.6 is 0 Å². The molecule has 0 saturated carbocycles. The van der Waals surface area contributed by atoms with Gasteiger partial charge < -0.3 is 15.0 Å². The van der Waals surface area contributed by atoms with E-state index < -0.39 is 11.7 Å². The van der Waals surface area contributed by atoms with Gasteiger partial charge >= 0.3 is 6.18 Å². The van der Waals surface area contributed by atoms with Crippen LogP contribution in [0.4, 0.5) is 18.9 Å². The number of amides is 1. The van der Waals surface area contributed by atoms with Crippen molar-refractivity contribution in [1.82, 2.24) is 4.98 Å². The number of alkyl halides is 3. The molecule has 3 aromatic carbocycles. The van der Waals surface area contributed by atoms with Crippen LogP contribution in [0.1, 0.15) is 23.6 Å². The minimum atomic E-state index is -4.39. The van der Waals surface area contributed by atoms with Gasteiger partial charge in [-0.1, -0.05) is 36.4 Å². The van der Waals surface area contributed by atoms with E-state index in [0.29, 0.717) is 12.4 Å². The van der Waals surface area contributed by atoms with Gasteiger partial charge in [-0.25, -0.2) is 0 Å². The molecule has 0 saturated heterocycles. The van der Waals surface area contributed by atoms with E-state index >= 15 is 0 Å². The minimum Gasteiger partial charge on any atom is -0.491 e. The van der Waals surface area contributed by atoms with Crippen LogP contribution in [0.3, 0.4) is 0 Å². The zero-order valence-corrected chi connectivity index (χ0v) is 19.3. The molecule has 4 rings (SSSR count). The molecule has 35 heavy (non-hydrogen) atoms. The molecular formula is C27H25F3N2O3. The van der Waals surface area contributed by atoms with Crippen LogP contribution < -0.4 is 15.5 Å². The van der Waals surface area contributed by atoms with E-state index in [4.69, 9.17) is 4.74 Å². The van der Waals surface area contributed by atoms with Gasteiger partial charge in [-0.05, 0) is 48.4 Å². The second-order valence-corrected chi connectivity index (χ2v) is 7.86. The monoisotopic (exact) mass is 482 g/mol. The summed E-state index contributed by atoms with van der Waals surface area (Å²) in [6, 6.07) is 20.3. The normalized spacial score (nSPS) is 10.9. The lowest BCUT2D eigenvalue weighted by Gasteiger charge is -2.12. The maximum absolute atomic E-state index is 12.3. The summed E-state index contributed by atoms with van der Waals surface area (Å²) < 4.78 is 42.8. The lowest BCUT2D eigenvalue weighted by atomic mass is 10.1. The molecule has 8 heteroatoms. The number of carbonyl (C=O) groups is 1. The summed E-state index contributed by atoms with van der Waals surface area (Å²) in [6.45, 7) is 4.06. The zero-order chi connectivity index (χ0) is 25.4. The van der Waals surface area contributed by atoms with Crippen molar-refractivity contribution in [1.29, 1.82) is 0 Å². The third-order valence-electron chi connectivity index (χ3n) is 5.02. The van der Waals surface area contributed by atoms with Crippen LogP contribution in [0.5, 0.6) is 5.75 Å². The van der Waals surface area contributed by atoms with E-state index in [1.54, 1.807) is 0 Å².